The van der Waals surface area contributed by atoms with Gasteiger partial charge in [0.25, 0.3) is 0 Å². The Bertz CT molecular complexity index is 637. The van der Waals surface area contributed by atoms with E-state index in [0.717, 1.165) is 5.56 Å². The Morgan fingerprint density at radius 2 is 1.83 bits per heavy atom. The summed E-state index contributed by atoms with van der Waals surface area (Å²) in [6, 6.07) is 13.4. The number of aromatic hydroxyl groups is 1. The fourth-order valence-corrected chi connectivity index (χ4v) is 1.58. The molecular formula is C15H9ClO2. The number of rotatable bonds is 1. The molecule has 0 saturated heterocycles. The van der Waals surface area contributed by atoms with Crippen molar-refractivity contribution in [2.45, 2.75) is 0 Å². The first-order valence-corrected chi connectivity index (χ1v) is 5.64. The number of carbonyl (C=O) groups excluding carboxylic acids is 1. The minimum absolute atomic E-state index is 0.117. The lowest BCUT2D eigenvalue weighted by atomic mass is 10.1. The standard InChI is InChI=1S/C15H9ClO2/c16-12-7-9-15(18)13(10-12)14(17)8-6-11-4-2-1-3-5-11/h1-5,7,9-10,18H. The van der Waals surface area contributed by atoms with E-state index in [1.54, 1.807) is 12.1 Å². The Hall–Kier alpha value is -2.24. The van der Waals surface area contributed by atoms with Crippen LogP contribution in [0.4, 0.5) is 0 Å². The maximum absolute atomic E-state index is 11.8. The molecule has 2 rings (SSSR count). The van der Waals surface area contributed by atoms with Gasteiger partial charge in [-0.3, -0.25) is 4.79 Å². The molecule has 0 bridgehead atoms. The molecule has 0 aliphatic heterocycles. The van der Waals surface area contributed by atoms with E-state index in [2.05, 4.69) is 11.8 Å². The van der Waals surface area contributed by atoms with Crippen LogP contribution in [0, 0.1) is 11.8 Å². The molecule has 0 heterocycles. The average molecular weight is 257 g/mol. The molecule has 0 fully saturated rings. The topological polar surface area (TPSA) is 37.3 Å². The van der Waals surface area contributed by atoms with Crippen LogP contribution in [0.5, 0.6) is 5.75 Å². The summed E-state index contributed by atoms with van der Waals surface area (Å²) < 4.78 is 0. The van der Waals surface area contributed by atoms with Crippen LogP contribution in [-0.2, 0) is 0 Å². The zero-order valence-electron chi connectivity index (χ0n) is 9.35. The molecule has 0 aliphatic carbocycles. The summed E-state index contributed by atoms with van der Waals surface area (Å²) >= 11 is 5.77. The molecule has 0 aromatic heterocycles. The summed E-state index contributed by atoms with van der Waals surface area (Å²) in [6.45, 7) is 0. The van der Waals surface area contributed by atoms with Crippen molar-refractivity contribution in [3.63, 3.8) is 0 Å². The van der Waals surface area contributed by atoms with Crippen LogP contribution >= 0.6 is 11.6 Å². The molecule has 0 radical (unpaired) electrons. The van der Waals surface area contributed by atoms with Crippen molar-refractivity contribution >= 4 is 17.4 Å². The second-order valence-corrected chi connectivity index (χ2v) is 4.04. The molecule has 3 heteroatoms. The van der Waals surface area contributed by atoms with Gasteiger partial charge in [0.2, 0.25) is 5.78 Å². The summed E-state index contributed by atoms with van der Waals surface area (Å²) in [5.41, 5.74) is 0.860. The first-order chi connectivity index (χ1) is 8.66. The Kier molecular flexibility index (Phi) is 3.66. The zero-order valence-corrected chi connectivity index (χ0v) is 10.1. The van der Waals surface area contributed by atoms with Crippen molar-refractivity contribution in [3.05, 3.63) is 64.7 Å². The highest BCUT2D eigenvalue weighted by atomic mass is 35.5. The molecule has 0 spiro atoms. The van der Waals surface area contributed by atoms with Gasteiger partial charge in [-0.15, -0.1) is 0 Å². The van der Waals surface area contributed by atoms with Crippen molar-refractivity contribution in [1.82, 2.24) is 0 Å². The first kappa shape index (κ1) is 12.2. The minimum Gasteiger partial charge on any atom is -0.507 e. The first-order valence-electron chi connectivity index (χ1n) is 5.27. The van der Waals surface area contributed by atoms with Crippen LogP contribution in [-0.4, -0.2) is 10.9 Å². The van der Waals surface area contributed by atoms with Gasteiger partial charge in [-0.1, -0.05) is 35.7 Å². The summed E-state index contributed by atoms with van der Waals surface area (Å²) in [6.07, 6.45) is 0. The number of hydrogen-bond acceptors (Lipinski definition) is 2. The maximum atomic E-state index is 11.8. The van der Waals surface area contributed by atoms with E-state index in [-0.39, 0.29) is 11.3 Å². The van der Waals surface area contributed by atoms with Crippen LogP contribution in [0.3, 0.4) is 0 Å². The third kappa shape index (κ3) is 2.91. The van der Waals surface area contributed by atoms with Gasteiger partial charge in [0.05, 0.1) is 5.56 Å². The summed E-state index contributed by atoms with van der Waals surface area (Å²) in [5, 5.41) is 9.94. The summed E-state index contributed by atoms with van der Waals surface area (Å²) in [7, 11) is 0. The van der Waals surface area contributed by atoms with E-state index in [9.17, 15) is 9.90 Å². The summed E-state index contributed by atoms with van der Waals surface area (Å²) in [5.74, 6) is 4.63. The number of phenols is 1. The minimum atomic E-state index is -0.459. The fraction of sp³-hybridized carbons (Fsp3) is 0. The number of Topliss-reactive ketones (excluding diaryl/α,β-unsaturated/α-hetero) is 1. The lowest BCUT2D eigenvalue weighted by Crippen LogP contribution is -1.95. The van der Waals surface area contributed by atoms with Crippen molar-refractivity contribution in [1.29, 1.82) is 0 Å². The molecule has 0 saturated carbocycles. The molecule has 1 N–H and O–H groups in total. The second-order valence-electron chi connectivity index (χ2n) is 3.61. The lowest BCUT2D eigenvalue weighted by Gasteiger charge is -1.99. The van der Waals surface area contributed by atoms with Crippen molar-refractivity contribution in [3.8, 4) is 17.6 Å². The van der Waals surface area contributed by atoms with Gasteiger partial charge in [-0.25, -0.2) is 0 Å². The van der Waals surface area contributed by atoms with Crippen LogP contribution in [0.1, 0.15) is 15.9 Å². The van der Waals surface area contributed by atoms with Gasteiger partial charge in [0.1, 0.15) is 5.75 Å². The van der Waals surface area contributed by atoms with Gasteiger partial charge in [0.15, 0.2) is 0 Å². The highest BCUT2D eigenvalue weighted by Gasteiger charge is 2.08. The third-order valence-corrected chi connectivity index (χ3v) is 2.53. The number of ketones is 1. The van der Waals surface area contributed by atoms with Gasteiger partial charge in [-0.05, 0) is 36.3 Å². The van der Waals surface area contributed by atoms with E-state index in [4.69, 9.17) is 11.6 Å². The van der Waals surface area contributed by atoms with Crippen LogP contribution in [0.15, 0.2) is 48.5 Å². The Morgan fingerprint density at radius 1 is 1.11 bits per heavy atom. The molecule has 88 valence electrons. The zero-order chi connectivity index (χ0) is 13.0. The monoisotopic (exact) mass is 256 g/mol. The molecule has 0 unspecified atom stereocenters. The smallest absolute Gasteiger partial charge is 0.240 e. The van der Waals surface area contributed by atoms with Crippen molar-refractivity contribution < 1.29 is 9.90 Å². The lowest BCUT2D eigenvalue weighted by molar-refractivity contribution is 0.105. The van der Waals surface area contributed by atoms with E-state index in [1.165, 1.54) is 18.2 Å². The SMILES string of the molecule is O=C(C#Cc1ccccc1)c1cc(Cl)ccc1O. The number of halogens is 1. The van der Waals surface area contributed by atoms with E-state index in [1.807, 2.05) is 18.2 Å². The molecule has 2 aromatic rings. The highest BCUT2D eigenvalue weighted by Crippen LogP contribution is 2.21. The van der Waals surface area contributed by atoms with Crippen molar-refractivity contribution in [2.24, 2.45) is 0 Å². The molecule has 0 amide bonds. The number of phenolic OH excluding ortho intramolecular Hbond substituents is 1. The van der Waals surface area contributed by atoms with Crippen LogP contribution < -0.4 is 0 Å². The number of benzene rings is 2. The van der Waals surface area contributed by atoms with Gasteiger partial charge in [-0.2, -0.15) is 0 Å². The molecule has 0 atom stereocenters. The van der Waals surface area contributed by atoms with Crippen molar-refractivity contribution in [2.75, 3.05) is 0 Å². The van der Waals surface area contributed by atoms with E-state index >= 15 is 0 Å². The van der Waals surface area contributed by atoms with Gasteiger partial charge in [0, 0.05) is 10.6 Å². The predicted molar refractivity (Wildman–Crippen MR) is 70.8 cm³/mol. The molecular weight excluding hydrogens is 248 g/mol. The Balaban J connectivity index is 2.28. The molecule has 2 nitrogen and oxygen atoms in total. The number of hydrogen-bond donors (Lipinski definition) is 1. The Labute approximate surface area is 110 Å². The molecule has 0 aliphatic rings. The fourth-order valence-electron chi connectivity index (χ4n) is 1.41. The summed E-state index contributed by atoms with van der Waals surface area (Å²) in [4.78, 5) is 11.8. The van der Waals surface area contributed by atoms with Crippen LogP contribution in [0.2, 0.25) is 5.02 Å². The molecule has 2 aromatic carbocycles. The normalized spacial score (nSPS) is 9.39. The predicted octanol–water partition coefficient (Wildman–Crippen LogP) is 3.28. The third-order valence-electron chi connectivity index (χ3n) is 2.30. The maximum Gasteiger partial charge on any atom is 0.240 e. The second kappa shape index (κ2) is 5.39. The average Bonchev–Trinajstić information content (AvgIpc) is 2.40. The van der Waals surface area contributed by atoms with Crippen LogP contribution in [0.25, 0.3) is 0 Å². The highest BCUT2D eigenvalue weighted by molar-refractivity contribution is 6.31. The molecule has 18 heavy (non-hydrogen) atoms. The quantitative estimate of drug-likeness (QED) is 0.628. The van der Waals surface area contributed by atoms with E-state index in [0.29, 0.717) is 5.02 Å². The largest absolute Gasteiger partial charge is 0.507 e. The van der Waals surface area contributed by atoms with Gasteiger partial charge >= 0.3 is 0 Å². The van der Waals surface area contributed by atoms with Gasteiger partial charge < -0.3 is 5.11 Å². The number of carbonyl (C=O) groups is 1. The Morgan fingerprint density at radius 3 is 2.56 bits per heavy atom. The van der Waals surface area contributed by atoms with E-state index < -0.39 is 5.78 Å².